The minimum absolute atomic E-state index is 0.0545. The topological polar surface area (TPSA) is 118 Å². The van der Waals surface area contributed by atoms with Crippen molar-refractivity contribution >= 4 is 33.2 Å². The number of imide groups is 1. The maximum absolute atomic E-state index is 12.5. The number of nitrogen functional groups attached to an aromatic ring is 1. The van der Waals surface area contributed by atoms with E-state index in [4.69, 9.17) is 5.73 Å². The summed E-state index contributed by atoms with van der Waals surface area (Å²) in [5.41, 5.74) is 6.97. The molecular weight excluding hydrogens is 342 g/mol. The first-order valence-electron chi connectivity index (χ1n) is 7.67. The van der Waals surface area contributed by atoms with Gasteiger partial charge in [0.25, 0.3) is 10.0 Å². The number of hydrogen-bond acceptors (Lipinski definition) is 5. The lowest BCUT2D eigenvalue weighted by Gasteiger charge is -2.21. The Labute approximate surface area is 145 Å². The molecule has 1 atom stereocenters. The van der Waals surface area contributed by atoms with Crippen LogP contribution in [0.4, 0.5) is 11.4 Å². The quantitative estimate of drug-likeness (QED) is 0.566. The number of piperidine rings is 1. The monoisotopic (exact) mass is 359 g/mol. The van der Waals surface area contributed by atoms with Crippen LogP contribution < -0.4 is 15.8 Å². The highest BCUT2D eigenvalue weighted by Crippen LogP contribution is 2.27. The molecule has 2 aromatic carbocycles. The predicted octanol–water partition coefficient (Wildman–Crippen LogP) is 1.59. The molecule has 1 unspecified atom stereocenters. The lowest BCUT2D eigenvalue weighted by atomic mass is 9.90. The zero-order valence-electron chi connectivity index (χ0n) is 13.2. The van der Waals surface area contributed by atoms with Gasteiger partial charge in [-0.15, -0.1) is 0 Å². The molecule has 25 heavy (non-hydrogen) atoms. The molecule has 0 aromatic heterocycles. The molecule has 4 N–H and O–H groups in total. The number of rotatable bonds is 4. The van der Waals surface area contributed by atoms with Gasteiger partial charge in [0.1, 0.15) is 0 Å². The molecule has 130 valence electrons. The first kappa shape index (κ1) is 17.0. The summed E-state index contributed by atoms with van der Waals surface area (Å²) in [7, 11) is -3.79. The average molecular weight is 359 g/mol. The van der Waals surface area contributed by atoms with Crippen LogP contribution in [0.3, 0.4) is 0 Å². The molecule has 8 heteroatoms. The normalized spacial score (nSPS) is 17.8. The number of amides is 2. The molecule has 0 bridgehead atoms. The molecule has 0 radical (unpaired) electrons. The fraction of sp³-hybridized carbons (Fsp3) is 0.176. The van der Waals surface area contributed by atoms with Crippen LogP contribution in [0.2, 0.25) is 0 Å². The maximum atomic E-state index is 12.5. The van der Waals surface area contributed by atoms with Crippen molar-refractivity contribution in [1.82, 2.24) is 5.32 Å². The number of nitrogens with two attached hydrogens (primary N) is 1. The molecule has 7 nitrogen and oxygen atoms in total. The zero-order chi connectivity index (χ0) is 18.0. The first-order chi connectivity index (χ1) is 11.8. The molecule has 1 saturated heterocycles. The Bertz CT molecular complexity index is 940. The smallest absolute Gasteiger partial charge is 0.261 e. The molecule has 1 aliphatic heterocycles. The summed E-state index contributed by atoms with van der Waals surface area (Å²) in [6.07, 6.45) is 0.658. The number of anilines is 2. The van der Waals surface area contributed by atoms with E-state index in [0.717, 1.165) is 0 Å². The summed E-state index contributed by atoms with van der Waals surface area (Å²) in [5, 5.41) is 2.30. The highest BCUT2D eigenvalue weighted by molar-refractivity contribution is 7.92. The number of sulfonamides is 1. The van der Waals surface area contributed by atoms with Gasteiger partial charge in [-0.3, -0.25) is 19.6 Å². The van der Waals surface area contributed by atoms with E-state index in [1.807, 2.05) is 0 Å². The van der Waals surface area contributed by atoms with Crippen LogP contribution in [0.1, 0.15) is 24.3 Å². The van der Waals surface area contributed by atoms with Crippen molar-refractivity contribution in [1.29, 1.82) is 0 Å². The SMILES string of the molecule is Nc1cccc(S(=O)(=O)Nc2cccc(C3CCC(=O)NC3=O)c2)c1. The van der Waals surface area contributed by atoms with E-state index in [0.29, 0.717) is 23.4 Å². The van der Waals surface area contributed by atoms with E-state index in [9.17, 15) is 18.0 Å². The molecule has 1 aliphatic rings. The summed E-state index contributed by atoms with van der Waals surface area (Å²) in [5.74, 6) is -1.14. The minimum atomic E-state index is -3.79. The van der Waals surface area contributed by atoms with E-state index in [1.54, 1.807) is 36.4 Å². The second-order valence-electron chi connectivity index (χ2n) is 5.81. The molecule has 2 amide bonds. The Morgan fingerprint density at radius 1 is 1.08 bits per heavy atom. The number of carbonyl (C=O) groups is 2. The van der Waals surface area contributed by atoms with Gasteiger partial charge in [-0.25, -0.2) is 8.42 Å². The highest BCUT2D eigenvalue weighted by Gasteiger charge is 2.28. The van der Waals surface area contributed by atoms with Gasteiger partial charge in [0.05, 0.1) is 10.8 Å². The summed E-state index contributed by atoms with van der Waals surface area (Å²) >= 11 is 0. The van der Waals surface area contributed by atoms with Gasteiger partial charge in [-0.05, 0) is 42.3 Å². The van der Waals surface area contributed by atoms with Crippen LogP contribution in [-0.2, 0) is 19.6 Å². The number of hydrogen-bond donors (Lipinski definition) is 3. The Morgan fingerprint density at radius 3 is 2.56 bits per heavy atom. The largest absolute Gasteiger partial charge is 0.399 e. The van der Waals surface area contributed by atoms with Gasteiger partial charge >= 0.3 is 0 Å². The van der Waals surface area contributed by atoms with Gasteiger partial charge in [0, 0.05) is 17.8 Å². The van der Waals surface area contributed by atoms with Crippen LogP contribution >= 0.6 is 0 Å². The average Bonchev–Trinajstić information content (AvgIpc) is 2.54. The van der Waals surface area contributed by atoms with Gasteiger partial charge in [-0.1, -0.05) is 18.2 Å². The third kappa shape index (κ3) is 3.80. The zero-order valence-corrected chi connectivity index (χ0v) is 14.0. The Hall–Kier alpha value is -2.87. The van der Waals surface area contributed by atoms with E-state index in [-0.39, 0.29) is 23.1 Å². The van der Waals surface area contributed by atoms with Crippen molar-refractivity contribution in [2.75, 3.05) is 10.5 Å². The van der Waals surface area contributed by atoms with Crippen molar-refractivity contribution in [2.24, 2.45) is 0 Å². The summed E-state index contributed by atoms with van der Waals surface area (Å²) in [4.78, 5) is 23.3. The summed E-state index contributed by atoms with van der Waals surface area (Å²) in [6.45, 7) is 0. The summed E-state index contributed by atoms with van der Waals surface area (Å²) in [6, 6.07) is 12.6. The molecule has 1 heterocycles. The third-order valence-corrected chi connectivity index (χ3v) is 5.33. The lowest BCUT2D eigenvalue weighted by Crippen LogP contribution is -2.39. The number of nitrogens with one attached hydrogen (secondary N) is 2. The standard InChI is InChI=1S/C17H17N3O4S/c18-12-4-2-6-14(10-12)25(23,24)20-13-5-1-3-11(9-13)15-7-8-16(21)19-17(15)22/h1-6,9-10,15,20H,7-8,18H2,(H,19,21,22). The Balaban J connectivity index is 1.85. The van der Waals surface area contributed by atoms with E-state index < -0.39 is 15.9 Å². The Kier molecular flexibility index (Phi) is 4.45. The van der Waals surface area contributed by atoms with E-state index in [2.05, 4.69) is 10.0 Å². The first-order valence-corrected chi connectivity index (χ1v) is 9.15. The maximum Gasteiger partial charge on any atom is 0.261 e. The fourth-order valence-electron chi connectivity index (χ4n) is 2.73. The second kappa shape index (κ2) is 6.56. The van der Waals surface area contributed by atoms with Crippen LogP contribution in [0.15, 0.2) is 53.4 Å². The van der Waals surface area contributed by atoms with Gasteiger partial charge in [0.2, 0.25) is 11.8 Å². The fourth-order valence-corrected chi connectivity index (χ4v) is 3.83. The van der Waals surface area contributed by atoms with Crippen LogP contribution in [0.25, 0.3) is 0 Å². The van der Waals surface area contributed by atoms with Gasteiger partial charge < -0.3 is 5.73 Å². The molecule has 3 rings (SSSR count). The van der Waals surface area contributed by atoms with Crippen molar-refractivity contribution in [2.45, 2.75) is 23.7 Å². The van der Waals surface area contributed by atoms with Crippen LogP contribution in [-0.4, -0.2) is 20.2 Å². The van der Waals surface area contributed by atoms with Crippen LogP contribution in [0, 0.1) is 0 Å². The lowest BCUT2D eigenvalue weighted by molar-refractivity contribution is -0.134. The minimum Gasteiger partial charge on any atom is -0.399 e. The summed E-state index contributed by atoms with van der Waals surface area (Å²) < 4.78 is 27.4. The van der Waals surface area contributed by atoms with Crippen molar-refractivity contribution in [3.8, 4) is 0 Å². The van der Waals surface area contributed by atoms with Gasteiger partial charge in [0.15, 0.2) is 0 Å². The molecule has 0 aliphatic carbocycles. The highest BCUT2D eigenvalue weighted by atomic mass is 32.2. The molecule has 0 saturated carbocycles. The van der Waals surface area contributed by atoms with Gasteiger partial charge in [-0.2, -0.15) is 0 Å². The van der Waals surface area contributed by atoms with Crippen molar-refractivity contribution in [3.63, 3.8) is 0 Å². The second-order valence-corrected chi connectivity index (χ2v) is 7.49. The number of carbonyl (C=O) groups excluding carboxylic acids is 2. The molecule has 1 fully saturated rings. The molecule has 2 aromatic rings. The van der Waals surface area contributed by atoms with E-state index in [1.165, 1.54) is 12.1 Å². The predicted molar refractivity (Wildman–Crippen MR) is 93.2 cm³/mol. The molecule has 0 spiro atoms. The van der Waals surface area contributed by atoms with Crippen molar-refractivity contribution in [3.05, 3.63) is 54.1 Å². The van der Waals surface area contributed by atoms with Crippen LogP contribution in [0.5, 0.6) is 0 Å². The Morgan fingerprint density at radius 2 is 1.84 bits per heavy atom. The van der Waals surface area contributed by atoms with E-state index >= 15 is 0 Å². The third-order valence-electron chi connectivity index (χ3n) is 3.95. The van der Waals surface area contributed by atoms with Crippen molar-refractivity contribution < 1.29 is 18.0 Å². The molecular formula is C17H17N3O4S. The number of benzene rings is 2.